The van der Waals surface area contributed by atoms with E-state index in [-0.39, 0.29) is 18.1 Å². The van der Waals surface area contributed by atoms with Gasteiger partial charge in [-0.15, -0.1) is 0 Å². The van der Waals surface area contributed by atoms with E-state index in [4.69, 9.17) is 32.9 Å². The Hall–Kier alpha value is -2.19. The van der Waals surface area contributed by atoms with E-state index in [1.54, 1.807) is 24.4 Å². The first-order chi connectivity index (χ1) is 16.8. The van der Waals surface area contributed by atoms with E-state index >= 15 is 0 Å². The first-order valence-corrected chi connectivity index (χ1v) is 13.2. The zero-order valence-corrected chi connectivity index (χ0v) is 23.6. The summed E-state index contributed by atoms with van der Waals surface area (Å²) in [6, 6.07) is 16.4. The molecule has 5 nitrogen and oxygen atoms in total. The minimum atomic E-state index is -0.248. The van der Waals surface area contributed by atoms with Crippen LogP contribution in [0.3, 0.4) is 0 Å². The molecule has 9 heteroatoms. The molecule has 1 atom stereocenters. The van der Waals surface area contributed by atoms with Gasteiger partial charge in [0.15, 0.2) is 0 Å². The number of fused-ring (bicyclic) bond motifs is 1. The molecule has 180 valence electrons. The van der Waals surface area contributed by atoms with Gasteiger partial charge >= 0.3 is 0 Å². The van der Waals surface area contributed by atoms with Crippen molar-refractivity contribution in [2.24, 2.45) is 5.10 Å². The van der Waals surface area contributed by atoms with Crippen molar-refractivity contribution < 1.29 is 4.74 Å². The average Bonchev–Trinajstić information content (AvgIpc) is 2.83. The van der Waals surface area contributed by atoms with Crippen LogP contribution in [0.2, 0.25) is 10.0 Å². The second-order valence-electron chi connectivity index (χ2n) is 7.99. The Morgan fingerprint density at radius 2 is 1.91 bits per heavy atom. The molecule has 3 aromatic carbocycles. The molecule has 4 aromatic rings. The molecule has 0 saturated heterocycles. The molecule has 0 aliphatic carbocycles. The smallest absolute Gasteiger partial charge is 0.282 e. The fraction of sp³-hybridized carbons (Fsp3) is 0.192. The first-order valence-electron chi connectivity index (χ1n) is 10.9. The van der Waals surface area contributed by atoms with Gasteiger partial charge in [-0.05, 0) is 58.7 Å². The van der Waals surface area contributed by atoms with E-state index < -0.39 is 0 Å². The van der Waals surface area contributed by atoms with Crippen molar-refractivity contribution in [3.63, 3.8) is 0 Å². The summed E-state index contributed by atoms with van der Waals surface area (Å²) in [5.41, 5.74) is 1.84. The largest absolute Gasteiger partial charge is 0.487 e. The van der Waals surface area contributed by atoms with Crippen molar-refractivity contribution in [3.8, 4) is 5.75 Å². The molecule has 0 radical (unpaired) electrons. The van der Waals surface area contributed by atoms with Gasteiger partial charge in [-0.25, -0.2) is 4.98 Å². The van der Waals surface area contributed by atoms with Gasteiger partial charge in [0.1, 0.15) is 18.2 Å². The van der Waals surface area contributed by atoms with Crippen LogP contribution in [0.1, 0.15) is 43.1 Å². The number of benzene rings is 3. The van der Waals surface area contributed by atoms with Crippen molar-refractivity contribution >= 4 is 72.2 Å². The maximum Gasteiger partial charge on any atom is 0.282 e. The molecule has 0 bridgehead atoms. The summed E-state index contributed by atoms with van der Waals surface area (Å²) in [5.74, 6) is 1.14. The van der Waals surface area contributed by atoms with Crippen LogP contribution in [0.5, 0.6) is 5.75 Å². The number of nitrogens with zero attached hydrogens (tertiary/aromatic N) is 3. The lowest BCUT2D eigenvalue weighted by Gasteiger charge is -2.15. The van der Waals surface area contributed by atoms with Gasteiger partial charge in [0, 0.05) is 31.6 Å². The lowest BCUT2D eigenvalue weighted by atomic mass is 10.1. The van der Waals surface area contributed by atoms with Crippen molar-refractivity contribution in [1.29, 1.82) is 0 Å². The molecule has 0 aliphatic heterocycles. The fourth-order valence-corrected chi connectivity index (χ4v) is 4.99. The van der Waals surface area contributed by atoms with Gasteiger partial charge in [-0.2, -0.15) is 9.78 Å². The van der Waals surface area contributed by atoms with Gasteiger partial charge in [0.2, 0.25) is 0 Å². The normalized spacial score (nSPS) is 12.4. The minimum Gasteiger partial charge on any atom is -0.487 e. The van der Waals surface area contributed by atoms with Crippen LogP contribution >= 0.6 is 55.1 Å². The predicted octanol–water partition coefficient (Wildman–Crippen LogP) is 8.20. The van der Waals surface area contributed by atoms with Crippen LogP contribution in [0.25, 0.3) is 10.9 Å². The topological polar surface area (TPSA) is 56.5 Å². The Bertz CT molecular complexity index is 1490. The summed E-state index contributed by atoms with van der Waals surface area (Å²) in [4.78, 5) is 18.2. The van der Waals surface area contributed by atoms with Crippen LogP contribution in [0, 0.1) is 0 Å². The maximum absolute atomic E-state index is 13.4. The molecule has 0 N–H and O–H groups in total. The summed E-state index contributed by atoms with van der Waals surface area (Å²) < 4.78 is 8.92. The highest BCUT2D eigenvalue weighted by molar-refractivity contribution is 9.10. The Balaban J connectivity index is 1.79. The van der Waals surface area contributed by atoms with E-state index in [2.05, 4.69) is 37.0 Å². The SMILES string of the molecule is CC[C@@H](C)c1nc2ccc(Br)cc2c(=O)n1N=Cc1cc(Cl)cc(Br)c1OCc1ccccc1Cl. The second-order valence-corrected chi connectivity index (χ2v) is 10.6. The van der Waals surface area contributed by atoms with E-state index in [1.807, 2.05) is 50.2 Å². The van der Waals surface area contributed by atoms with Gasteiger partial charge in [0.25, 0.3) is 5.56 Å². The van der Waals surface area contributed by atoms with Crippen molar-refractivity contribution in [3.05, 3.63) is 101 Å². The fourth-order valence-electron chi connectivity index (χ4n) is 3.49. The lowest BCUT2D eigenvalue weighted by molar-refractivity contribution is 0.304. The van der Waals surface area contributed by atoms with Gasteiger partial charge in [0.05, 0.1) is 21.6 Å². The molecule has 4 rings (SSSR count). The Morgan fingerprint density at radius 3 is 2.66 bits per heavy atom. The third-order valence-electron chi connectivity index (χ3n) is 5.57. The molecule has 0 spiro atoms. The van der Waals surface area contributed by atoms with Crippen LogP contribution < -0.4 is 10.3 Å². The monoisotopic (exact) mass is 635 g/mol. The standard InChI is InChI=1S/C26H21Br2Cl2N3O2/c1-3-15(2)25-32-23-9-8-18(27)11-20(23)26(34)33(25)31-13-17-10-19(29)12-21(28)24(17)35-14-16-6-4-5-7-22(16)30/h4-13,15H,3,14H2,1-2H3/t15-/m1/s1. The van der Waals surface area contributed by atoms with Crippen LogP contribution in [0.4, 0.5) is 0 Å². The molecule has 35 heavy (non-hydrogen) atoms. The summed E-state index contributed by atoms with van der Waals surface area (Å²) >= 11 is 19.6. The number of rotatable bonds is 7. The second kappa shape index (κ2) is 11.2. The Morgan fingerprint density at radius 1 is 1.14 bits per heavy atom. The van der Waals surface area contributed by atoms with E-state index in [9.17, 15) is 4.79 Å². The van der Waals surface area contributed by atoms with Crippen molar-refractivity contribution in [2.45, 2.75) is 32.8 Å². The quantitative estimate of drug-likeness (QED) is 0.192. The Kier molecular flexibility index (Phi) is 8.32. The van der Waals surface area contributed by atoms with Crippen LogP contribution in [-0.4, -0.2) is 15.9 Å². The van der Waals surface area contributed by atoms with E-state index in [0.717, 1.165) is 16.5 Å². The number of hydrogen-bond acceptors (Lipinski definition) is 4. The summed E-state index contributed by atoms with van der Waals surface area (Å²) in [6.45, 7) is 4.32. The maximum atomic E-state index is 13.4. The summed E-state index contributed by atoms with van der Waals surface area (Å²) in [5, 5.41) is 6.15. The molecular weight excluding hydrogens is 617 g/mol. The minimum absolute atomic E-state index is 0.0231. The number of halogens is 4. The highest BCUT2D eigenvalue weighted by Crippen LogP contribution is 2.33. The Labute approximate surface area is 230 Å². The third kappa shape index (κ3) is 5.80. The summed E-state index contributed by atoms with van der Waals surface area (Å²) in [7, 11) is 0. The molecule has 0 aliphatic rings. The number of aromatic nitrogens is 2. The van der Waals surface area contributed by atoms with Crippen molar-refractivity contribution in [1.82, 2.24) is 9.66 Å². The molecular formula is C26H21Br2Cl2N3O2. The summed E-state index contributed by atoms with van der Waals surface area (Å²) in [6.07, 6.45) is 2.37. The zero-order chi connectivity index (χ0) is 25.1. The first kappa shape index (κ1) is 25.9. The lowest BCUT2D eigenvalue weighted by Crippen LogP contribution is -2.23. The molecule has 0 unspecified atom stereocenters. The third-order valence-corrected chi connectivity index (χ3v) is 7.24. The molecule has 0 saturated carbocycles. The van der Waals surface area contributed by atoms with Gasteiger partial charge < -0.3 is 4.74 Å². The molecule has 1 aromatic heterocycles. The van der Waals surface area contributed by atoms with Crippen LogP contribution in [0.15, 0.2) is 73.4 Å². The predicted molar refractivity (Wildman–Crippen MR) is 150 cm³/mol. The van der Waals surface area contributed by atoms with Crippen molar-refractivity contribution in [2.75, 3.05) is 0 Å². The van der Waals surface area contributed by atoms with Gasteiger partial charge in [-0.3, -0.25) is 4.79 Å². The highest BCUT2D eigenvalue weighted by Gasteiger charge is 2.16. The highest BCUT2D eigenvalue weighted by atomic mass is 79.9. The molecule has 0 fully saturated rings. The van der Waals surface area contributed by atoms with Crippen LogP contribution in [-0.2, 0) is 6.61 Å². The number of hydrogen-bond donors (Lipinski definition) is 0. The van der Waals surface area contributed by atoms with E-state index in [0.29, 0.717) is 42.6 Å². The van der Waals surface area contributed by atoms with Gasteiger partial charge in [-0.1, -0.05) is 71.2 Å². The zero-order valence-electron chi connectivity index (χ0n) is 18.9. The molecule has 1 heterocycles. The van der Waals surface area contributed by atoms with E-state index in [1.165, 1.54) is 4.68 Å². The molecule has 0 amide bonds. The average molecular weight is 638 g/mol. The number of ether oxygens (including phenoxy) is 1.